The summed E-state index contributed by atoms with van der Waals surface area (Å²) in [6.45, 7) is 4.71. The Morgan fingerprint density at radius 1 is 1.00 bits per heavy atom. The van der Waals surface area contributed by atoms with Crippen molar-refractivity contribution in [3.63, 3.8) is 0 Å². The molecular formula is C28H30BrN11O2S. The Morgan fingerprint density at radius 2 is 1.84 bits per heavy atom. The van der Waals surface area contributed by atoms with Gasteiger partial charge in [-0.1, -0.05) is 18.2 Å². The van der Waals surface area contributed by atoms with Crippen molar-refractivity contribution in [2.75, 3.05) is 55.4 Å². The lowest BCUT2D eigenvalue weighted by Gasteiger charge is -2.35. The molecule has 1 fully saturated rings. The number of fused-ring (bicyclic) bond motifs is 1. The van der Waals surface area contributed by atoms with E-state index in [0.717, 1.165) is 60.0 Å². The summed E-state index contributed by atoms with van der Waals surface area (Å²) in [4.78, 5) is 29.9. The molecule has 2 aromatic carbocycles. The van der Waals surface area contributed by atoms with Crippen LogP contribution in [0.25, 0.3) is 11.0 Å². The van der Waals surface area contributed by atoms with Crippen LogP contribution in [0.5, 0.6) is 0 Å². The third kappa shape index (κ3) is 7.14. The van der Waals surface area contributed by atoms with Gasteiger partial charge < -0.3 is 25.3 Å². The number of piperazine rings is 1. The lowest BCUT2D eigenvalue weighted by Crippen LogP contribution is -2.47. The minimum absolute atomic E-state index is 0.206. The molecule has 0 bridgehead atoms. The predicted molar refractivity (Wildman–Crippen MR) is 173 cm³/mol. The first-order chi connectivity index (χ1) is 20.9. The molecule has 1 atom stereocenters. The van der Waals surface area contributed by atoms with Gasteiger partial charge in [0, 0.05) is 56.5 Å². The highest BCUT2D eigenvalue weighted by Gasteiger charge is 2.19. The van der Waals surface area contributed by atoms with Crippen LogP contribution in [0.3, 0.4) is 0 Å². The second kappa shape index (κ2) is 13.1. The summed E-state index contributed by atoms with van der Waals surface area (Å²) in [7, 11) is 2.14. The zero-order valence-electron chi connectivity index (χ0n) is 23.3. The molecule has 0 aliphatic carbocycles. The molecule has 1 unspecified atom stereocenters. The van der Waals surface area contributed by atoms with E-state index >= 15 is 0 Å². The Balaban J connectivity index is 1.16. The average Bonchev–Trinajstić information content (AvgIpc) is 3.02. The summed E-state index contributed by atoms with van der Waals surface area (Å²) in [5.41, 5.74) is 3.80. The van der Waals surface area contributed by atoms with E-state index in [1.807, 2.05) is 59.6 Å². The normalized spacial score (nSPS) is 16.3. The molecule has 0 spiro atoms. The molecule has 4 aromatic rings. The Labute approximate surface area is 259 Å². The van der Waals surface area contributed by atoms with Crippen molar-refractivity contribution in [3.8, 4) is 0 Å². The smallest absolute Gasteiger partial charge is 0.232 e. The molecule has 43 heavy (non-hydrogen) atoms. The van der Waals surface area contributed by atoms with Crippen LogP contribution in [-0.4, -0.2) is 84.2 Å². The van der Waals surface area contributed by atoms with E-state index in [-0.39, 0.29) is 6.54 Å². The van der Waals surface area contributed by atoms with Gasteiger partial charge in [0.2, 0.25) is 17.2 Å². The van der Waals surface area contributed by atoms with Crippen molar-refractivity contribution in [1.29, 1.82) is 0 Å². The third-order valence-electron chi connectivity index (χ3n) is 7.10. The second-order valence-corrected chi connectivity index (χ2v) is 11.7. The number of aliphatic imine (C=N–C) groups is 1. The number of halogens is 1. The zero-order chi connectivity index (χ0) is 29.8. The maximum absolute atomic E-state index is 11.1. The largest absolute Gasteiger partial charge is 0.354 e. The summed E-state index contributed by atoms with van der Waals surface area (Å²) in [6.07, 6.45) is 7.47. The van der Waals surface area contributed by atoms with Gasteiger partial charge in [-0.25, -0.2) is 23.9 Å². The van der Waals surface area contributed by atoms with Crippen molar-refractivity contribution in [2.45, 2.75) is 6.54 Å². The molecule has 0 amide bonds. The van der Waals surface area contributed by atoms with Gasteiger partial charge in [-0.05, 0) is 58.9 Å². The highest BCUT2D eigenvalue weighted by Crippen LogP contribution is 2.28. The Kier molecular flexibility index (Phi) is 8.85. The summed E-state index contributed by atoms with van der Waals surface area (Å²) in [5.74, 6) is 2.64. The fraction of sp³-hybridized carbons (Fsp3) is 0.250. The maximum Gasteiger partial charge on any atom is 0.232 e. The number of nitrogens with zero attached hydrogens (tertiary/aromatic N) is 8. The lowest BCUT2D eigenvalue weighted by molar-refractivity contribution is 0.215. The van der Waals surface area contributed by atoms with E-state index in [9.17, 15) is 4.21 Å². The molecule has 15 heteroatoms. The highest BCUT2D eigenvalue weighted by atomic mass is 79.9. The minimum Gasteiger partial charge on any atom is -0.354 e. The number of hydrogen-bond acceptors (Lipinski definition) is 11. The van der Waals surface area contributed by atoms with Crippen LogP contribution in [0, 0.1) is 0 Å². The summed E-state index contributed by atoms with van der Waals surface area (Å²) in [5, 5.41) is 6.54. The van der Waals surface area contributed by atoms with Crippen LogP contribution in [0.1, 0.15) is 5.56 Å². The fourth-order valence-electron chi connectivity index (χ4n) is 4.72. The number of nitrogens with one attached hydrogen (secondary N) is 3. The molecule has 13 nitrogen and oxygen atoms in total. The SMILES string of the molecule is CN1CCN(C2=NCN(c3cnc4ccc(Nc5ncc(Br)c(Nc6ccccc6CNS(=O)O)n5)cc4n3)C=C2)CC1. The highest BCUT2D eigenvalue weighted by molar-refractivity contribution is 9.10. The Morgan fingerprint density at radius 3 is 2.63 bits per heavy atom. The van der Waals surface area contributed by atoms with Crippen LogP contribution >= 0.6 is 15.9 Å². The van der Waals surface area contributed by atoms with E-state index in [4.69, 9.17) is 14.5 Å². The number of likely N-dealkylation sites (N-methyl/N-ethyl adjacent to an activating group) is 1. The Bertz CT molecular complexity index is 1710. The molecule has 4 heterocycles. The number of amidine groups is 1. The molecule has 4 N–H and O–H groups in total. The standard InChI is InChI=1S/C28H30BrN11O2S/c1-38-10-12-39(13-11-38)25-8-9-40(18-32-25)26-17-30-23-7-6-20(14-24(23)35-26)34-28-31-16-21(29)27(37-28)36-22-5-3-2-4-19(22)15-33-43(41)42/h2-9,14,16-17,33H,10-13,15,18H2,1H3,(H,41,42)(H2,31,34,36,37). The van der Waals surface area contributed by atoms with Crippen molar-refractivity contribution in [3.05, 3.63) is 77.2 Å². The van der Waals surface area contributed by atoms with E-state index in [2.05, 4.69) is 63.1 Å². The number of hydrogen-bond donors (Lipinski definition) is 4. The molecule has 222 valence electrons. The van der Waals surface area contributed by atoms with Crippen LogP contribution in [-0.2, 0) is 17.8 Å². The van der Waals surface area contributed by atoms with E-state index in [1.165, 1.54) is 0 Å². The van der Waals surface area contributed by atoms with E-state index in [1.54, 1.807) is 12.4 Å². The number of para-hydroxylation sites is 1. The molecule has 6 rings (SSSR count). The van der Waals surface area contributed by atoms with Crippen molar-refractivity contribution < 1.29 is 8.76 Å². The van der Waals surface area contributed by atoms with Crippen molar-refractivity contribution in [2.24, 2.45) is 4.99 Å². The van der Waals surface area contributed by atoms with Crippen LogP contribution in [0.15, 0.2) is 76.6 Å². The lowest BCUT2D eigenvalue weighted by atomic mass is 10.2. The zero-order valence-corrected chi connectivity index (χ0v) is 25.7. The summed E-state index contributed by atoms with van der Waals surface area (Å²) < 4.78 is 23.4. The average molecular weight is 665 g/mol. The molecule has 1 saturated heterocycles. The first-order valence-corrected chi connectivity index (χ1v) is 15.5. The molecule has 0 saturated carbocycles. The van der Waals surface area contributed by atoms with Gasteiger partial charge >= 0.3 is 0 Å². The van der Waals surface area contributed by atoms with Crippen LogP contribution < -0.4 is 20.3 Å². The van der Waals surface area contributed by atoms with E-state index < -0.39 is 11.3 Å². The third-order valence-corrected chi connectivity index (χ3v) is 8.07. The minimum atomic E-state index is -2.12. The van der Waals surface area contributed by atoms with Crippen LogP contribution in [0.2, 0.25) is 0 Å². The monoisotopic (exact) mass is 663 g/mol. The van der Waals surface area contributed by atoms with Crippen LogP contribution in [0.4, 0.5) is 29.0 Å². The maximum atomic E-state index is 11.1. The van der Waals surface area contributed by atoms with Gasteiger partial charge in [-0.2, -0.15) is 4.98 Å². The molecule has 2 aliphatic heterocycles. The number of rotatable bonds is 8. The van der Waals surface area contributed by atoms with Crippen molar-refractivity contribution in [1.82, 2.24) is 34.5 Å². The predicted octanol–water partition coefficient (Wildman–Crippen LogP) is 3.83. The first-order valence-electron chi connectivity index (χ1n) is 13.6. The quantitative estimate of drug-likeness (QED) is 0.204. The van der Waals surface area contributed by atoms with Gasteiger partial charge in [0.25, 0.3) is 0 Å². The van der Waals surface area contributed by atoms with Gasteiger partial charge in [0.05, 0.1) is 21.7 Å². The van der Waals surface area contributed by atoms with Gasteiger partial charge in [0.1, 0.15) is 18.3 Å². The van der Waals surface area contributed by atoms with E-state index in [0.29, 0.717) is 28.7 Å². The molecule has 2 aliphatic rings. The molecule has 2 aromatic heterocycles. The fourth-order valence-corrected chi connectivity index (χ4v) is 5.29. The molecule has 0 radical (unpaired) electrons. The van der Waals surface area contributed by atoms with Crippen molar-refractivity contribution >= 4 is 73.0 Å². The Hall–Kier alpha value is -4.02. The second-order valence-electron chi connectivity index (χ2n) is 10.0. The van der Waals surface area contributed by atoms with Gasteiger partial charge in [-0.3, -0.25) is 9.54 Å². The summed E-state index contributed by atoms with van der Waals surface area (Å²) in [6, 6.07) is 13.2. The number of aromatic nitrogens is 4. The van der Waals surface area contributed by atoms with Gasteiger partial charge in [0.15, 0.2) is 5.82 Å². The topological polar surface area (TPSA) is 147 Å². The van der Waals surface area contributed by atoms with Gasteiger partial charge in [-0.15, -0.1) is 0 Å². The summed E-state index contributed by atoms with van der Waals surface area (Å²) >= 11 is 1.39. The molecular weight excluding hydrogens is 634 g/mol. The number of anilines is 5. The number of benzene rings is 2. The first kappa shape index (κ1) is 29.1.